The second-order valence-electron chi connectivity index (χ2n) is 16.1. The molecule has 0 N–H and O–H groups in total. The zero-order chi connectivity index (χ0) is 45.5. The minimum atomic E-state index is -0.588. The minimum absolute atomic E-state index is 0.0243. The topological polar surface area (TPSA) is 122 Å². The Kier molecular flexibility index (Phi) is 10.7. The molecule has 0 saturated heterocycles. The number of carbonyl (C=O) groups is 4. The molecule has 9 rings (SSSR count). The zero-order valence-electron chi connectivity index (χ0n) is 36.1. The van der Waals surface area contributed by atoms with Gasteiger partial charge in [-0.3, -0.25) is 29.0 Å². The Balaban J connectivity index is 1.32. The predicted octanol–water partition coefficient (Wildman–Crippen LogP) is 8.44. The summed E-state index contributed by atoms with van der Waals surface area (Å²) in [6, 6.07) is 29.1. The summed E-state index contributed by atoms with van der Waals surface area (Å²) in [6.07, 6.45) is 4.30. The van der Waals surface area contributed by atoms with Gasteiger partial charge in [-0.25, -0.2) is 0 Å². The summed E-state index contributed by atoms with van der Waals surface area (Å²) >= 11 is 6.37. The van der Waals surface area contributed by atoms with Gasteiger partial charge >= 0.3 is 0 Å². The highest BCUT2D eigenvalue weighted by atomic mass is 32.1. The summed E-state index contributed by atoms with van der Waals surface area (Å²) in [7, 11) is 2.82. The van der Waals surface area contributed by atoms with Crippen molar-refractivity contribution in [2.24, 2.45) is 0 Å². The number of amides is 4. The SMILES string of the molecule is CC1=C(C#N)C(=O)N(C)C(=O)/C1=c1/cc/c(=C/c2cc3c(-c4c(C)cccc4C)c4sc(/C=c5/cc/c(=C6/C(=O)N(C)C(=O)C(C#N)=C6C)s5)cc4c(-c4c(C)cccc4C)c3s2)s1. The first-order valence-electron chi connectivity index (χ1n) is 20.3. The summed E-state index contributed by atoms with van der Waals surface area (Å²) in [5.74, 6) is -2.02. The fraction of sp³-hybridized carbons (Fsp3) is 0.154. The van der Waals surface area contributed by atoms with Gasteiger partial charge in [0.15, 0.2) is 0 Å². The summed E-state index contributed by atoms with van der Waals surface area (Å²) in [6.45, 7) is 12.0. The molecule has 0 saturated carbocycles. The number of hydrogen-bond acceptors (Lipinski definition) is 10. The van der Waals surface area contributed by atoms with Gasteiger partial charge in [0.2, 0.25) is 0 Å². The Hall–Kier alpha value is -6.80. The van der Waals surface area contributed by atoms with Gasteiger partial charge in [0.1, 0.15) is 23.3 Å². The van der Waals surface area contributed by atoms with Crippen molar-refractivity contribution in [2.45, 2.75) is 41.5 Å². The molecule has 4 aromatic heterocycles. The van der Waals surface area contributed by atoms with Crippen molar-refractivity contribution in [2.75, 3.05) is 14.1 Å². The summed E-state index contributed by atoms with van der Waals surface area (Å²) in [4.78, 5) is 56.3. The van der Waals surface area contributed by atoms with Crippen LogP contribution in [-0.4, -0.2) is 47.5 Å². The van der Waals surface area contributed by atoms with E-state index in [0.29, 0.717) is 31.4 Å². The van der Waals surface area contributed by atoms with Crippen molar-refractivity contribution < 1.29 is 19.2 Å². The summed E-state index contributed by atoms with van der Waals surface area (Å²) in [5.41, 5.74) is 10.8. The number of benzene rings is 3. The molecule has 12 heteroatoms. The molecule has 4 amide bonds. The Morgan fingerprint density at radius 3 is 1.19 bits per heavy atom. The molecule has 0 aliphatic carbocycles. The van der Waals surface area contributed by atoms with Crippen molar-refractivity contribution in [3.8, 4) is 34.4 Å². The molecule has 3 aromatic carbocycles. The molecule has 6 heterocycles. The van der Waals surface area contributed by atoms with Gasteiger partial charge in [-0.1, -0.05) is 36.4 Å². The van der Waals surface area contributed by atoms with Crippen molar-refractivity contribution >= 4 is 112 Å². The zero-order valence-corrected chi connectivity index (χ0v) is 39.4. The average Bonchev–Trinajstić information content (AvgIpc) is 4.08. The number of nitrogens with zero attached hydrogens (tertiary/aromatic N) is 4. The highest BCUT2D eigenvalue weighted by Crippen LogP contribution is 2.52. The van der Waals surface area contributed by atoms with E-state index in [1.54, 1.807) is 36.5 Å². The van der Waals surface area contributed by atoms with Crippen LogP contribution in [0.2, 0.25) is 0 Å². The third-order valence-corrected chi connectivity index (χ3v) is 16.4. The van der Waals surface area contributed by atoms with E-state index in [-0.39, 0.29) is 11.1 Å². The lowest BCUT2D eigenvalue weighted by molar-refractivity contribution is -0.139. The van der Waals surface area contributed by atoms with E-state index in [0.717, 1.165) is 59.9 Å². The monoisotopic (exact) mass is 910 g/mol. The number of rotatable bonds is 4. The van der Waals surface area contributed by atoms with Crippen LogP contribution in [0.5, 0.6) is 0 Å². The maximum Gasteiger partial charge on any atom is 0.271 e. The van der Waals surface area contributed by atoms with E-state index in [9.17, 15) is 29.7 Å². The van der Waals surface area contributed by atoms with Crippen LogP contribution in [-0.2, 0) is 19.2 Å². The quantitative estimate of drug-likeness (QED) is 0.164. The van der Waals surface area contributed by atoms with Gasteiger partial charge in [-0.2, -0.15) is 10.5 Å². The first-order valence-corrected chi connectivity index (χ1v) is 23.6. The Bertz CT molecular complexity index is 3390. The van der Waals surface area contributed by atoms with Crippen LogP contribution in [0, 0.1) is 50.4 Å². The lowest BCUT2D eigenvalue weighted by atomic mass is 9.87. The second-order valence-corrected chi connectivity index (χ2v) is 20.5. The second kappa shape index (κ2) is 16.1. The number of imide groups is 2. The molecule has 2 aliphatic rings. The highest BCUT2D eigenvalue weighted by Gasteiger charge is 2.35. The molecule has 7 aromatic rings. The van der Waals surface area contributed by atoms with Crippen LogP contribution in [0.4, 0.5) is 0 Å². The molecule has 0 fully saturated rings. The van der Waals surface area contributed by atoms with Crippen LogP contribution in [0.25, 0.3) is 65.7 Å². The molecular weight excluding hydrogens is 873 g/mol. The minimum Gasteiger partial charge on any atom is -0.277 e. The van der Waals surface area contributed by atoms with E-state index in [1.807, 2.05) is 36.4 Å². The molecule has 314 valence electrons. The Labute approximate surface area is 384 Å². The Morgan fingerprint density at radius 2 is 0.844 bits per heavy atom. The van der Waals surface area contributed by atoms with Gasteiger partial charge in [0.25, 0.3) is 23.6 Å². The molecule has 0 unspecified atom stereocenters. The van der Waals surface area contributed by atoms with Gasteiger partial charge in [-0.15, -0.1) is 45.3 Å². The molecule has 0 spiro atoms. The molecule has 64 heavy (non-hydrogen) atoms. The normalized spacial score (nSPS) is 17.2. The van der Waals surface area contributed by atoms with Crippen molar-refractivity contribution in [3.05, 3.63) is 145 Å². The van der Waals surface area contributed by atoms with Gasteiger partial charge in [-0.05, 0) is 135 Å². The van der Waals surface area contributed by atoms with E-state index < -0.39 is 23.6 Å². The molecule has 0 bridgehead atoms. The lowest BCUT2D eigenvalue weighted by Crippen LogP contribution is -2.40. The van der Waals surface area contributed by atoms with Crippen molar-refractivity contribution in [3.63, 3.8) is 0 Å². The van der Waals surface area contributed by atoms with Gasteiger partial charge in [0, 0.05) is 73.3 Å². The first-order chi connectivity index (χ1) is 30.6. The smallest absolute Gasteiger partial charge is 0.271 e. The number of likely N-dealkylation sites (N-methyl/N-ethyl adjacent to an activating group) is 2. The lowest BCUT2D eigenvalue weighted by Gasteiger charge is -2.23. The van der Waals surface area contributed by atoms with Crippen LogP contribution in [0.1, 0.15) is 45.9 Å². The highest BCUT2D eigenvalue weighted by molar-refractivity contribution is 7.23. The number of nitriles is 2. The van der Waals surface area contributed by atoms with Crippen molar-refractivity contribution in [1.82, 2.24) is 9.80 Å². The van der Waals surface area contributed by atoms with Crippen LogP contribution in [0.3, 0.4) is 0 Å². The fourth-order valence-corrected chi connectivity index (χ4v) is 13.5. The first kappa shape index (κ1) is 42.5. The molecule has 0 atom stereocenters. The maximum absolute atomic E-state index is 13.4. The van der Waals surface area contributed by atoms with E-state index in [4.69, 9.17) is 0 Å². The summed E-state index contributed by atoms with van der Waals surface area (Å²) < 4.78 is 5.57. The third-order valence-electron chi connectivity index (χ3n) is 12.1. The van der Waals surface area contributed by atoms with Crippen LogP contribution in [0.15, 0.2) is 95.1 Å². The summed E-state index contributed by atoms with van der Waals surface area (Å²) in [5, 5.41) is 21.8. The standard InChI is InChI=1S/C52H38N4O4S4/c1-25-11-9-12-26(2)41(25)45-35-21-33(19-31-15-17-39(61-31)43-29(5)37(23-53)49(57)55(7)51(43)59)64-48(35)46(42-27(3)13-10-14-28(42)4)36-22-34(63-47(36)45)20-32-16-18-40(62-32)44-30(6)38(24-54)50(58)56(8)52(44)60/h9-22H,1-8H3/b31-19-,32-20-,43-39-,44-40-. The average molecular weight is 911 g/mol. The Morgan fingerprint density at radius 1 is 0.484 bits per heavy atom. The number of carbonyl (C=O) groups excluding carboxylic acids is 4. The van der Waals surface area contributed by atoms with Gasteiger partial charge < -0.3 is 0 Å². The molecule has 0 radical (unpaired) electrons. The molecule has 8 nitrogen and oxygen atoms in total. The molecular formula is C52H38N4O4S4. The van der Waals surface area contributed by atoms with E-state index in [2.05, 4.69) is 88.4 Å². The predicted molar refractivity (Wildman–Crippen MR) is 260 cm³/mol. The van der Waals surface area contributed by atoms with Crippen molar-refractivity contribution in [1.29, 1.82) is 10.5 Å². The fourth-order valence-electron chi connectivity index (χ4n) is 8.86. The maximum atomic E-state index is 13.4. The number of hydrogen-bond donors (Lipinski definition) is 0. The largest absolute Gasteiger partial charge is 0.277 e. The van der Waals surface area contributed by atoms with E-state index >= 15 is 0 Å². The van der Waals surface area contributed by atoms with Crippen LogP contribution < -0.4 is 18.1 Å². The van der Waals surface area contributed by atoms with Gasteiger partial charge in [0.05, 0.1) is 11.1 Å². The van der Waals surface area contributed by atoms with E-state index in [1.165, 1.54) is 70.1 Å². The number of aryl methyl sites for hydroxylation is 4. The third kappa shape index (κ3) is 6.73. The molecule has 2 aliphatic heterocycles. The number of fused-ring (bicyclic) bond motifs is 2. The number of thiophene rings is 4. The van der Waals surface area contributed by atoms with Crippen LogP contribution >= 0.6 is 45.3 Å².